The Labute approximate surface area is 150 Å². The fraction of sp³-hybridized carbons (Fsp3) is 0.375. The Kier molecular flexibility index (Phi) is 7.16. The third-order valence-corrected chi connectivity index (χ3v) is 3.99. The van der Waals surface area contributed by atoms with Gasteiger partial charge < -0.3 is 10.4 Å². The van der Waals surface area contributed by atoms with E-state index in [4.69, 9.17) is 0 Å². The van der Waals surface area contributed by atoms with Crippen molar-refractivity contribution in [3.05, 3.63) is 42.0 Å². The largest absolute Gasteiger partial charge is 0.508 e. The molecule has 1 saturated heterocycles. The molecule has 1 fully saturated rings. The van der Waals surface area contributed by atoms with E-state index >= 15 is 0 Å². The van der Waals surface area contributed by atoms with Crippen LogP contribution in [0.4, 0.5) is 13.2 Å². The van der Waals surface area contributed by atoms with Crippen LogP contribution in [0.3, 0.4) is 0 Å². The van der Waals surface area contributed by atoms with Gasteiger partial charge in [-0.15, -0.1) is 24.8 Å². The highest BCUT2D eigenvalue weighted by molar-refractivity contribution is 5.86. The van der Waals surface area contributed by atoms with Crippen molar-refractivity contribution in [2.75, 3.05) is 26.2 Å². The molecule has 3 rings (SSSR count). The summed E-state index contributed by atoms with van der Waals surface area (Å²) in [5.74, 6) is 0.106. The van der Waals surface area contributed by atoms with Crippen molar-refractivity contribution < 1.29 is 18.3 Å². The van der Waals surface area contributed by atoms with Crippen LogP contribution < -0.4 is 5.32 Å². The second-order valence-electron chi connectivity index (χ2n) is 5.52. The van der Waals surface area contributed by atoms with Crippen LogP contribution in [0.2, 0.25) is 0 Å². The molecule has 8 heteroatoms. The maximum atomic E-state index is 13.6. The number of phenolic OH excluding ortho intramolecular Hbond substituents is 1. The van der Waals surface area contributed by atoms with Crippen LogP contribution >= 0.6 is 24.8 Å². The normalized spacial score (nSPS) is 17.0. The Balaban J connectivity index is 0.00000144. The molecule has 1 heterocycles. The fourth-order valence-electron chi connectivity index (χ4n) is 2.97. The number of aromatic hydroxyl groups is 1. The lowest BCUT2D eigenvalue weighted by atomic mass is 9.99. The minimum Gasteiger partial charge on any atom is -0.508 e. The molecule has 0 amide bonds. The van der Waals surface area contributed by atoms with Gasteiger partial charge in [-0.25, -0.2) is 0 Å². The van der Waals surface area contributed by atoms with E-state index in [1.54, 1.807) is 24.3 Å². The highest BCUT2D eigenvalue weighted by atomic mass is 35.5. The molecule has 2 aromatic rings. The van der Waals surface area contributed by atoms with Gasteiger partial charge in [0.2, 0.25) is 0 Å². The molecule has 0 aliphatic carbocycles. The number of halogens is 5. The zero-order valence-corrected chi connectivity index (χ0v) is 14.3. The number of piperazine rings is 1. The summed E-state index contributed by atoms with van der Waals surface area (Å²) in [5.41, 5.74) is 0.243. The van der Waals surface area contributed by atoms with E-state index in [2.05, 4.69) is 5.32 Å². The molecule has 1 aliphatic rings. The fourth-order valence-corrected chi connectivity index (χ4v) is 2.97. The summed E-state index contributed by atoms with van der Waals surface area (Å²) in [5, 5.41) is 13.9. The number of hydrogen-bond donors (Lipinski definition) is 2. The van der Waals surface area contributed by atoms with Crippen molar-refractivity contribution in [1.82, 2.24) is 10.2 Å². The van der Waals surface area contributed by atoms with E-state index in [1.165, 1.54) is 17.0 Å². The van der Waals surface area contributed by atoms with E-state index in [0.717, 1.165) is 5.39 Å². The highest BCUT2D eigenvalue weighted by Crippen LogP contribution is 2.39. The lowest BCUT2D eigenvalue weighted by Crippen LogP contribution is -2.49. The van der Waals surface area contributed by atoms with Crippen molar-refractivity contribution in [3.8, 4) is 5.75 Å². The summed E-state index contributed by atoms with van der Waals surface area (Å²) in [6.07, 6.45) is -4.32. The monoisotopic (exact) mass is 382 g/mol. The predicted octanol–water partition coefficient (Wildman–Crippen LogP) is 3.90. The van der Waals surface area contributed by atoms with Gasteiger partial charge in [-0.3, -0.25) is 4.90 Å². The quantitative estimate of drug-likeness (QED) is 0.826. The smallest absolute Gasteiger partial charge is 0.408 e. The van der Waals surface area contributed by atoms with Crippen molar-refractivity contribution >= 4 is 35.6 Å². The topological polar surface area (TPSA) is 35.5 Å². The number of rotatable bonds is 2. The summed E-state index contributed by atoms with van der Waals surface area (Å²) >= 11 is 0. The molecule has 24 heavy (non-hydrogen) atoms. The first-order valence-electron chi connectivity index (χ1n) is 7.19. The first kappa shape index (κ1) is 20.8. The number of nitrogens with one attached hydrogen (secondary N) is 1. The van der Waals surface area contributed by atoms with Crippen molar-refractivity contribution in [2.24, 2.45) is 0 Å². The average molecular weight is 383 g/mol. The molecule has 0 unspecified atom stereocenters. The lowest BCUT2D eigenvalue weighted by Gasteiger charge is -2.36. The Bertz CT molecular complexity index is 676. The third-order valence-electron chi connectivity index (χ3n) is 3.99. The van der Waals surface area contributed by atoms with Crippen molar-refractivity contribution in [2.45, 2.75) is 12.2 Å². The number of benzene rings is 2. The molecule has 0 aromatic heterocycles. The Morgan fingerprint density at radius 3 is 2.17 bits per heavy atom. The van der Waals surface area contributed by atoms with Crippen LogP contribution in [0.1, 0.15) is 11.6 Å². The Hall–Kier alpha value is -1.21. The van der Waals surface area contributed by atoms with E-state index in [-0.39, 0.29) is 36.1 Å². The van der Waals surface area contributed by atoms with Gasteiger partial charge in [0.05, 0.1) is 0 Å². The maximum absolute atomic E-state index is 13.6. The van der Waals surface area contributed by atoms with Crippen molar-refractivity contribution in [3.63, 3.8) is 0 Å². The molecule has 0 spiro atoms. The van der Waals surface area contributed by atoms with Crippen LogP contribution in [-0.2, 0) is 0 Å². The van der Waals surface area contributed by atoms with Crippen LogP contribution in [0.5, 0.6) is 5.75 Å². The molecule has 1 aliphatic heterocycles. The number of phenols is 1. The summed E-state index contributed by atoms with van der Waals surface area (Å²) in [7, 11) is 0. The average Bonchev–Trinajstić information content (AvgIpc) is 2.47. The van der Waals surface area contributed by atoms with Gasteiger partial charge in [0.15, 0.2) is 0 Å². The van der Waals surface area contributed by atoms with Gasteiger partial charge in [-0.05, 0) is 34.5 Å². The highest BCUT2D eigenvalue weighted by Gasteiger charge is 2.44. The van der Waals surface area contributed by atoms with E-state index in [0.29, 0.717) is 31.6 Å². The van der Waals surface area contributed by atoms with E-state index < -0.39 is 12.2 Å². The molecule has 3 nitrogen and oxygen atoms in total. The molecule has 0 bridgehead atoms. The van der Waals surface area contributed by atoms with Crippen LogP contribution in [0.15, 0.2) is 36.4 Å². The molecular formula is C16H19Cl2F3N2O. The SMILES string of the molecule is Cl.Cl.Oc1ccc2cc([C@H](N3CCNCC3)C(F)(F)F)ccc2c1. The first-order chi connectivity index (χ1) is 10.4. The molecular weight excluding hydrogens is 364 g/mol. The van der Waals surface area contributed by atoms with Crippen LogP contribution in [0, 0.1) is 0 Å². The third kappa shape index (κ3) is 4.45. The number of alkyl halides is 3. The lowest BCUT2D eigenvalue weighted by molar-refractivity contribution is -0.187. The molecule has 2 N–H and O–H groups in total. The Morgan fingerprint density at radius 1 is 0.958 bits per heavy atom. The number of hydrogen-bond acceptors (Lipinski definition) is 3. The van der Waals surface area contributed by atoms with Gasteiger partial charge in [-0.2, -0.15) is 13.2 Å². The zero-order chi connectivity index (χ0) is 15.7. The first-order valence-corrected chi connectivity index (χ1v) is 7.19. The van der Waals surface area contributed by atoms with Gasteiger partial charge in [0.25, 0.3) is 0 Å². The zero-order valence-electron chi connectivity index (χ0n) is 12.7. The van der Waals surface area contributed by atoms with Gasteiger partial charge in [0.1, 0.15) is 11.8 Å². The summed E-state index contributed by atoms with van der Waals surface area (Å²) in [6, 6.07) is 7.78. The minimum atomic E-state index is -4.32. The second-order valence-corrected chi connectivity index (χ2v) is 5.52. The summed E-state index contributed by atoms with van der Waals surface area (Å²) < 4.78 is 40.7. The summed E-state index contributed by atoms with van der Waals surface area (Å²) in [6.45, 7) is 1.87. The Morgan fingerprint density at radius 2 is 1.54 bits per heavy atom. The van der Waals surface area contributed by atoms with Crippen molar-refractivity contribution in [1.29, 1.82) is 0 Å². The minimum absolute atomic E-state index is 0. The van der Waals surface area contributed by atoms with Gasteiger partial charge in [-0.1, -0.05) is 18.2 Å². The van der Waals surface area contributed by atoms with Crippen LogP contribution in [0.25, 0.3) is 10.8 Å². The standard InChI is InChI=1S/C16H17F3N2O.2ClH/c17-16(18,19)15(21-7-5-20-6-8-21)13-2-1-12-10-14(22)4-3-11(12)9-13;;/h1-4,9-10,15,20,22H,5-8H2;2*1H/t15-;;/m0../s1. The molecule has 1 atom stereocenters. The van der Waals surface area contributed by atoms with E-state index in [1.807, 2.05) is 0 Å². The number of nitrogens with zero attached hydrogens (tertiary/aromatic N) is 1. The molecule has 0 radical (unpaired) electrons. The molecule has 134 valence electrons. The predicted molar refractivity (Wildman–Crippen MR) is 93.3 cm³/mol. The van der Waals surface area contributed by atoms with Gasteiger partial charge in [0, 0.05) is 26.2 Å². The van der Waals surface area contributed by atoms with Gasteiger partial charge >= 0.3 is 6.18 Å². The molecule has 0 saturated carbocycles. The van der Waals surface area contributed by atoms with Crippen LogP contribution in [-0.4, -0.2) is 42.4 Å². The van der Waals surface area contributed by atoms with E-state index in [9.17, 15) is 18.3 Å². The maximum Gasteiger partial charge on any atom is 0.408 e. The second kappa shape index (κ2) is 8.25. The number of fused-ring (bicyclic) bond motifs is 1. The molecule has 2 aromatic carbocycles. The summed E-state index contributed by atoms with van der Waals surface area (Å²) in [4.78, 5) is 1.47.